The molecule has 90 valence electrons. The smallest absolute Gasteiger partial charge is 0.398 e. The van der Waals surface area contributed by atoms with Crippen LogP contribution in [-0.4, -0.2) is 12.8 Å². The molecule has 2 N–H and O–H groups in total. The Balaban J connectivity index is 3.11. The number of hydrogen-bond acceptors (Lipinski definition) is 2. The van der Waals surface area contributed by atoms with Gasteiger partial charge >= 0.3 is 6.18 Å². The van der Waals surface area contributed by atoms with E-state index in [1.54, 1.807) is 0 Å². The van der Waals surface area contributed by atoms with Crippen molar-refractivity contribution < 1.29 is 17.9 Å². The maximum Gasteiger partial charge on any atom is 0.418 e. The summed E-state index contributed by atoms with van der Waals surface area (Å²) in [5.41, 5.74) is 5.54. The van der Waals surface area contributed by atoms with Gasteiger partial charge in [-0.1, -0.05) is 22.0 Å². The molecule has 1 rings (SSSR count). The van der Waals surface area contributed by atoms with Crippen LogP contribution in [0.1, 0.15) is 18.6 Å². The number of ether oxygens (including phenoxy) is 1. The number of halogens is 4. The van der Waals surface area contributed by atoms with Gasteiger partial charge in [0.2, 0.25) is 0 Å². The first kappa shape index (κ1) is 13.3. The number of nitrogens with two attached hydrogens (primary N) is 1. The van der Waals surface area contributed by atoms with Crippen LogP contribution in [0.15, 0.2) is 22.7 Å². The van der Waals surface area contributed by atoms with Crippen LogP contribution < -0.4 is 5.73 Å². The van der Waals surface area contributed by atoms with Crippen LogP contribution in [-0.2, 0) is 4.74 Å². The normalized spacial score (nSPS) is 13.8. The fraction of sp³-hybridized carbons (Fsp3) is 0.400. The van der Waals surface area contributed by atoms with Gasteiger partial charge in [0.15, 0.2) is 6.10 Å². The zero-order valence-electron chi connectivity index (χ0n) is 8.51. The molecule has 0 heterocycles. The molecule has 6 heteroatoms. The molecule has 1 unspecified atom stereocenters. The highest BCUT2D eigenvalue weighted by molar-refractivity contribution is 9.10. The molecule has 0 saturated carbocycles. The highest BCUT2D eigenvalue weighted by Crippen LogP contribution is 2.38. The highest BCUT2D eigenvalue weighted by atomic mass is 79.9. The number of alkyl halides is 3. The van der Waals surface area contributed by atoms with Crippen molar-refractivity contribution in [1.82, 2.24) is 0 Å². The average Bonchev–Trinajstić information content (AvgIpc) is 2.13. The van der Waals surface area contributed by atoms with Gasteiger partial charge in [-0.2, -0.15) is 13.2 Å². The SMILES string of the molecule is CCOC(c1ccc(Br)cc1N)C(F)(F)F. The molecule has 0 aromatic heterocycles. The molecule has 1 aromatic rings. The molecule has 0 aliphatic carbocycles. The van der Waals surface area contributed by atoms with Gasteiger partial charge in [-0.05, 0) is 19.1 Å². The van der Waals surface area contributed by atoms with Gasteiger partial charge in [0, 0.05) is 22.3 Å². The molecule has 0 aliphatic heterocycles. The van der Waals surface area contributed by atoms with Crippen molar-refractivity contribution in [1.29, 1.82) is 0 Å². The summed E-state index contributed by atoms with van der Waals surface area (Å²) < 4.78 is 43.4. The largest absolute Gasteiger partial charge is 0.418 e. The molecule has 1 aromatic carbocycles. The maximum atomic E-state index is 12.7. The van der Waals surface area contributed by atoms with Crippen LogP contribution in [0.5, 0.6) is 0 Å². The van der Waals surface area contributed by atoms with Gasteiger partial charge in [-0.15, -0.1) is 0 Å². The lowest BCUT2D eigenvalue weighted by atomic mass is 10.1. The molecule has 0 radical (unpaired) electrons. The second kappa shape index (κ2) is 5.05. The molecule has 0 aliphatic rings. The summed E-state index contributed by atoms with van der Waals surface area (Å²) in [5, 5.41) is 0. The lowest BCUT2D eigenvalue weighted by Gasteiger charge is -2.21. The topological polar surface area (TPSA) is 35.2 Å². The van der Waals surface area contributed by atoms with Crippen molar-refractivity contribution >= 4 is 21.6 Å². The van der Waals surface area contributed by atoms with Gasteiger partial charge < -0.3 is 10.5 Å². The van der Waals surface area contributed by atoms with Gasteiger partial charge in [-0.25, -0.2) is 0 Å². The van der Waals surface area contributed by atoms with Crippen LogP contribution >= 0.6 is 15.9 Å². The van der Waals surface area contributed by atoms with E-state index >= 15 is 0 Å². The van der Waals surface area contributed by atoms with Crippen molar-refractivity contribution in [2.24, 2.45) is 0 Å². The summed E-state index contributed by atoms with van der Waals surface area (Å²) in [4.78, 5) is 0. The first-order valence-corrected chi connectivity index (χ1v) is 5.38. The van der Waals surface area contributed by atoms with Crippen molar-refractivity contribution in [2.75, 3.05) is 12.3 Å². The van der Waals surface area contributed by atoms with E-state index in [1.807, 2.05) is 0 Å². The molecule has 16 heavy (non-hydrogen) atoms. The summed E-state index contributed by atoms with van der Waals surface area (Å²) in [7, 11) is 0. The van der Waals surface area contributed by atoms with E-state index < -0.39 is 12.3 Å². The molecule has 0 spiro atoms. The molecular weight excluding hydrogens is 287 g/mol. The van der Waals surface area contributed by atoms with E-state index in [1.165, 1.54) is 25.1 Å². The summed E-state index contributed by atoms with van der Waals surface area (Å²) in [6.07, 6.45) is -6.43. The predicted octanol–water partition coefficient (Wildman–Crippen LogP) is 3.67. The third-order valence-electron chi connectivity index (χ3n) is 1.96. The predicted molar refractivity (Wildman–Crippen MR) is 59.0 cm³/mol. The minimum atomic E-state index is -4.46. The fourth-order valence-electron chi connectivity index (χ4n) is 1.31. The summed E-state index contributed by atoms with van der Waals surface area (Å²) in [6, 6.07) is 4.24. The molecule has 2 nitrogen and oxygen atoms in total. The maximum absolute atomic E-state index is 12.7. The lowest BCUT2D eigenvalue weighted by molar-refractivity contribution is -0.222. The Labute approximate surface area is 99.7 Å². The molecule has 0 saturated heterocycles. The number of benzene rings is 1. The van der Waals surface area contributed by atoms with E-state index in [9.17, 15) is 13.2 Å². The minimum absolute atomic E-state index is 0.0281. The highest BCUT2D eigenvalue weighted by Gasteiger charge is 2.42. The molecule has 0 bridgehead atoms. The van der Waals surface area contributed by atoms with Gasteiger partial charge in [0.1, 0.15) is 0 Å². The Kier molecular flexibility index (Phi) is 4.21. The lowest BCUT2D eigenvalue weighted by Crippen LogP contribution is -2.24. The zero-order chi connectivity index (χ0) is 12.3. The van der Waals surface area contributed by atoms with E-state index in [0.29, 0.717) is 4.47 Å². The first-order valence-electron chi connectivity index (χ1n) is 4.59. The first-order chi connectivity index (χ1) is 7.36. The molecule has 0 fully saturated rings. The fourth-order valence-corrected chi connectivity index (χ4v) is 1.69. The van der Waals surface area contributed by atoms with Gasteiger partial charge in [-0.3, -0.25) is 0 Å². The van der Waals surface area contributed by atoms with Crippen LogP contribution in [0.3, 0.4) is 0 Å². The van der Waals surface area contributed by atoms with Crippen LogP contribution in [0.2, 0.25) is 0 Å². The van der Waals surface area contributed by atoms with Crippen LogP contribution in [0, 0.1) is 0 Å². The Morgan fingerprint density at radius 1 is 1.44 bits per heavy atom. The summed E-state index contributed by atoms with van der Waals surface area (Å²) in [6.45, 7) is 1.48. The third-order valence-corrected chi connectivity index (χ3v) is 2.46. The second-order valence-corrected chi connectivity index (χ2v) is 4.07. The van der Waals surface area contributed by atoms with Crippen LogP contribution in [0.4, 0.5) is 18.9 Å². The van der Waals surface area contributed by atoms with E-state index in [2.05, 4.69) is 15.9 Å². The van der Waals surface area contributed by atoms with Gasteiger partial charge in [0.05, 0.1) is 0 Å². The summed E-state index contributed by atoms with van der Waals surface area (Å²) >= 11 is 3.13. The minimum Gasteiger partial charge on any atom is -0.398 e. The van der Waals surface area contributed by atoms with Crippen molar-refractivity contribution in [3.63, 3.8) is 0 Å². The average molecular weight is 298 g/mol. The summed E-state index contributed by atoms with van der Waals surface area (Å²) in [5.74, 6) is 0. The Bertz CT molecular complexity index is 368. The van der Waals surface area contributed by atoms with Crippen molar-refractivity contribution in [2.45, 2.75) is 19.2 Å². The molecule has 1 atom stereocenters. The number of rotatable bonds is 3. The third kappa shape index (κ3) is 3.12. The Hall–Kier alpha value is -0.750. The number of hydrogen-bond donors (Lipinski definition) is 1. The van der Waals surface area contributed by atoms with E-state index in [0.717, 1.165) is 0 Å². The van der Waals surface area contributed by atoms with E-state index in [4.69, 9.17) is 10.5 Å². The monoisotopic (exact) mass is 297 g/mol. The second-order valence-electron chi connectivity index (χ2n) is 3.15. The molecule has 0 amide bonds. The Morgan fingerprint density at radius 3 is 2.50 bits per heavy atom. The van der Waals surface area contributed by atoms with Crippen molar-refractivity contribution in [3.8, 4) is 0 Å². The van der Waals surface area contributed by atoms with Gasteiger partial charge in [0.25, 0.3) is 0 Å². The van der Waals surface area contributed by atoms with Crippen molar-refractivity contribution in [3.05, 3.63) is 28.2 Å². The standard InChI is InChI=1S/C10H11BrF3NO/c1-2-16-9(10(12,13)14)7-4-3-6(11)5-8(7)15/h3-5,9H,2,15H2,1H3. The quantitative estimate of drug-likeness (QED) is 0.864. The number of anilines is 1. The van der Waals surface area contributed by atoms with Crippen LogP contribution in [0.25, 0.3) is 0 Å². The number of nitrogen functional groups attached to an aromatic ring is 1. The Morgan fingerprint density at radius 2 is 2.06 bits per heavy atom. The zero-order valence-corrected chi connectivity index (χ0v) is 10.1. The van der Waals surface area contributed by atoms with E-state index in [-0.39, 0.29) is 17.9 Å². The molecular formula is C10H11BrF3NO.